The lowest BCUT2D eigenvalue weighted by molar-refractivity contribution is -0.0512. The Bertz CT molecular complexity index is 1100. The summed E-state index contributed by atoms with van der Waals surface area (Å²) in [6.45, 7) is -2.80. The van der Waals surface area contributed by atoms with Crippen LogP contribution in [0.15, 0.2) is 66.7 Å². The van der Waals surface area contributed by atoms with E-state index in [0.29, 0.717) is 12.0 Å². The fraction of sp³-hybridized carbons (Fsp3) is 0.167. The largest absolute Gasteiger partial charge is 0.493 e. The molecule has 0 bridgehead atoms. The number of ketones is 1. The highest BCUT2D eigenvalue weighted by Gasteiger charge is 2.18. The minimum absolute atomic E-state index is 0.0958. The van der Waals surface area contributed by atoms with Gasteiger partial charge in [0.1, 0.15) is 5.82 Å². The van der Waals surface area contributed by atoms with Crippen LogP contribution in [0.4, 0.5) is 13.2 Å². The first kappa shape index (κ1) is 22.9. The van der Waals surface area contributed by atoms with Crippen molar-refractivity contribution in [2.75, 3.05) is 13.7 Å². The molecule has 3 rings (SSSR count). The maximum atomic E-state index is 13.1. The van der Waals surface area contributed by atoms with Gasteiger partial charge in [0.2, 0.25) is 0 Å². The highest BCUT2D eigenvalue weighted by Crippen LogP contribution is 2.29. The number of rotatable bonds is 9. The number of amides is 1. The van der Waals surface area contributed by atoms with Gasteiger partial charge in [0.25, 0.3) is 5.91 Å². The summed E-state index contributed by atoms with van der Waals surface area (Å²) in [5.74, 6) is -1.26. The van der Waals surface area contributed by atoms with Crippen LogP contribution in [0.3, 0.4) is 0 Å². The molecule has 0 aliphatic rings. The van der Waals surface area contributed by atoms with E-state index >= 15 is 0 Å². The van der Waals surface area contributed by atoms with Crippen molar-refractivity contribution in [2.45, 2.75) is 13.0 Å². The van der Waals surface area contributed by atoms with Crippen molar-refractivity contribution < 1.29 is 32.2 Å². The van der Waals surface area contributed by atoms with Gasteiger partial charge in [0.05, 0.1) is 12.7 Å². The second-order valence-electron chi connectivity index (χ2n) is 6.75. The van der Waals surface area contributed by atoms with Gasteiger partial charge in [-0.25, -0.2) is 4.39 Å². The molecule has 32 heavy (non-hydrogen) atoms. The van der Waals surface area contributed by atoms with E-state index in [1.54, 1.807) is 18.2 Å². The van der Waals surface area contributed by atoms with Crippen LogP contribution in [-0.2, 0) is 6.42 Å². The Morgan fingerprint density at radius 3 is 2.28 bits per heavy atom. The Labute approximate surface area is 182 Å². The molecule has 0 aliphatic carbocycles. The summed E-state index contributed by atoms with van der Waals surface area (Å²) in [4.78, 5) is 25.5. The second-order valence-corrected chi connectivity index (χ2v) is 6.75. The van der Waals surface area contributed by atoms with E-state index < -0.39 is 24.1 Å². The maximum absolute atomic E-state index is 13.1. The Morgan fingerprint density at radius 1 is 0.938 bits per heavy atom. The van der Waals surface area contributed by atoms with Gasteiger partial charge < -0.3 is 14.8 Å². The lowest BCUT2D eigenvalue weighted by Gasteiger charge is -2.12. The number of hydrogen-bond acceptors (Lipinski definition) is 4. The summed E-state index contributed by atoms with van der Waals surface area (Å²) in [6, 6.07) is 16.0. The summed E-state index contributed by atoms with van der Waals surface area (Å²) < 4.78 is 47.8. The maximum Gasteiger partial charge on any atom is 0.387 e. The summed E-state index contributed by atoms with van der Waals surface area (Å²) >= 11 is 0. The first-order valence-corrected chi connectivity index (χ1v) is 9.68. The van der Waals surface area contributed by atoms with Crippen LogP contribution in [0.1, 0.15) is 31.8 Å². The Hall–Kier alpha value is -3.81. The van der Waals surface area contributed by atoms with Gasteiger partial charge in [-0.1, -0.05) is 24.3 Å². The number of halogens is 3. The number of carbonyl (C=O) groups excluding carboxylic acids is 2. The van der Waals surface area contributed by atoms with Crippen molar-refractivity contribution in [2.24, 2.45) is 0 Å². The van der Waals surface area contributed by atoms with E-state index in [0.717, 1.165) is 0 Å². The number of methoxy groups -OCH3 is 1. The first-order valence-electron chi connectivity index (χ1n) is 9.68. The zero-order valence-electron chi connectivity index (χ0n) is 17.1. The predicted octanol–water partition coefficient (Wildman–Crippen LogP) is 4.64. The van der Waals surface area contributed by atoms with Crippen molar-refractivity contribution in [3.05, 3.63) is 94.8 Å². The third kappa shape index (κ3) is 5.66. The van der Waals surface area contributed by atoms with Crippen molar-refractivity contribution in [3.8, 4) is 11.5 Å². The SMILES string of the molecule is COc1ccc(CCNC(=O)c2ccccc2C(=O)c2ccc(F)cc2)cc1OC(F)F. The third-order valence-corrected chi connectivity index (χ3v) is 4.67. The molecule has 1 N–H and O–H groups in total. The molecule has 0 heterocycles. The van der Waals surface area contributed by atoms with Crippen molar-refractivity contribution >= 4 is 11.7 Å². The molecule has 3 aromatic carbocycles. The topological polar surface area (TPSA) is 64.6 Å². The molecule has 0 saturated heterocycles. The first-order chi connectivity index (χ1) is 15.4. The van der Waals surface area contributed by atoms with Crippen molar-refractivity contribution in [3.63, 3.8) is 0 Å². The molecule has 0 saturated carbocycles. The number of carbonyl (C=O) groups is 2. The van der Waals surface area contributed by atoms with Gasteiger partial charge >= 0.3 is 6.61 Å². The minimum atomic E-state index is -2.99. The van der Waals surface area contributed by atoms with Crippen molar-refractivity contribution in [1.82, 2.24) is 5.32 Å². The van der Waals surface area contributed by atoms with Crippen LogP contribution in [0.25, 0.3) is 0 Å². The van der Waals surface area contributed by atoms with Gasteiger partial charge in [-0.3, -0.25) is 9.59 Å². The molecule has 0 radical (unpaired) electrons. The number of nitrogens with one attached hydrogen (secondary N) is 1. The molecular formula is C24H20F3NO4. The Balaban J connectivity index is 1.68. The van der Waals surface area contributed by atoms with E-state index in [1.165, 1.54) is 55.6 Å². The molecule has 8 heteroatoms. The summed E-state index contributed by atoms with van der Waals surface area (Å²) in [5, 5.41) is 2.72. The number of hydrogen-bond donors (Lipinski definition) is 1. The van der Waals surface area contributed by atoms with E-state index in [1.807, 2.05) is 0 Å². The molecule has 0 fully saturated rings. The molecule has 0 atom stereocenters. The molecule has 0 aromatic heterocycles. The van der Waals surface area contributed by atoms with E-state index in [4.69, 9.17) is 4.74 Å². The van der Waals surface area contributed by atoms with Gasteiger partial charge in [-0.15, -0.1) is 0 Å². The fourth-order valence-corrected chi connectivity index (χ4v) is 3.12. The Kier molecular flexibility index (Phi) is 7.49. The van der Waals surface area contributed by atoms with Gasteiger partial charge in [0, 0.05) is 17.7 Å². The van der Waals surface area contributed by atoms with Crippen LogP contribution in [0, 0.1) is 5.82 Å². The summed E-state index contributed by atoms with van der Waals surface area (Å²) in [7, 11) is 1.35. The molecule has 5 nitrogen and oxygen atoms in total. The van der Waals surface area contributed by atoms with Crippen LogP contribution in [0.2, 0.25) is 0 Å². The fourth-order valence-electron chi connectivity index (χ4n) is 3.12. The van der Waals surface area contributed by atoms with E-state index in [9.17, 15) is 22.8 Å². The molecule has 1 amide bonds. The normalized spacial score (nSPS) is 10.7. The molecule has 166 valence electrons. The molecule has 0 spiro atoms. The smallest absolute Gasteiger partial charge is 0.387 e. The van der Waals surface area contributed by atoms with E-state index in [2.05, 4.69) is 10.1 Å². The van der Waals surface area contributed by atoms with Crippen LogP contribution >= 0.6 is 0 Å². The number of alkyl halides is 2. The Morgan fingerprint density at radius 2 is 1.62 bits per heavy atom. The molecular weight excluding hydrogens is 423 g/mol. The lowest BCUT2D eigenvalue weighted by atomic mass is 9.98. The average molecular weight is 443 g/mol. The predicted molar refractivity (Wildman–Crippen MR) is 112 cm³/mol. The molecule has 3 aromatic rings. The minimum Gasteiger partial charge on any atom is -0.493 e. The highest BCUT2D eigenvalue weighted by atomic mass is 19.3. The summed E-state index contributed by atoms with van der Waals surface area (Å²) in [5.41, 5.74) is 1.28. The third-order valence-electron chi connectivity index (χ3n) is 4.67. The van der Waals surface area contributed by atoms with Crippen LogP contribution in [-0.4, -0.2) is 32.0 Å². The number of ether oxygens (including phenoxy) is 2. The summed E-state index contributed by atoms with van der Waals surface area (Å²) in [6.07, 6.45) is 0.337. The van der Waals surface area contributed by atoms with Crippen molar-refractivity contribution in [1.29, 1.82) is 0 Å². The standard InChI is InChI=1S/C24H20F3NO4/c1-31-20-11-6-15(14-21(20)32-24(26)27)12-13-28-23(30)19-5-3-2-4-18(19)22(29)16-7-9-17(25)10-8-16/h2-11,14,24H,12-13H2,1H3,(H,28,30). The van der Waals surface area contributed by atoms with E-state index in [-0.39, 0.29) is 34.7 Å². The van der Waals surface area contributed by atoms with Crippen LogP contribution < -0.4 is 14.8 Å². The quantitative estimate of drug-likeness (QED) is 0.490. The monoisotopic (exact) mass is 443 g/mol. The van der Waals surface area contributed by atoms with Gasteiger partial charge in [0.15, 0.2) is 17.3 Å². The second kappa shape index (κ2) is 10.5. The number of benzene rings is 3. The van der Waals surface area contributed by atoms with Gasteiger partial charge in [-0.2, -0.15) is 8.78 Å². The molecule has 0 unspecified atom stereocenters. The lowest BCUT2D eigenvalue weighted by Crippen LogP contribution is -2.27. The zero-order chi connectivity index (χ0) is 23.1. The highest BCUT2D eigenvalue weighted by molar-refractivity contribution is 6.15. The zero-order valence-corrected chi connectivity index (χ0v) is 17.1. The molecule has 0 aliphatic heterocycles. The average Bonchev–Trinajstić information content (AvgIpc) is 2.79. The van der Waals surface area contributed by atoms with Gasteiger partial charge in [-0.05, 0) is 54.4 Å². The van der Waals surface area contributed by atoms with Crippen LogP contribution in [0.5, 0.6) is 11.5 Å².